The van der Waals surface area contributed by atoms with E-state index in [0.717, 1.165) is 18.6 Å². The zero-order valence-electron chi connectivity index (χ0n) is 9.50. The molecular formula is C12H17F2NO2. The summed E-state index contributed by atoms with van der Waals surface area (Å²) in [5.74, 6) is -1.40. The maximum atomic E-state index is 13.3. The zero-order valence-corrected chi connectivity index (χ0v) is 9.50. The Morgan fingerprint density at radius 1 is 1.24 bits per heavy atom. The topological polar surface area (TPSA) is 52.5 Å². The Labute approximate surface area is 99.1 Å². The number of unbranched alkanes of at least 4 members (excludes halogenated alkanes) is 1. The molecule has 0 aliphatic rings. The molecule has 96 valence electrons. The van der Waals surface area contributed by atoms with Crippen molar-refractivity contribution in [1.29, 1.82) is 0 Å². The second-order valence-corrected chi connectivity index (χ2v) is 3.82. The van der Waals surface area contributed by atoms with Crippen molar-refractivity contribution < 1.29 is 19.0 Å². The first-order valence-corrected chi connectivity index (χ1v) is 5.59. The van der Waals surface area contributed by atoms with Gasteiger partial charge in [0.1, 0.15) is 11.6 Å². The van der Waals surface area contributed by atoms with Crippen LogP contribution in [0.4, 0.5) is 8.78 Å². The molecular weight excluding hydrogens is 228 g/mol. The molecule has 0 aliphatic heterocycles. The molecule has 1 aromatic carbocycles. The van der Waals surface area contributed by atoms with E-state index < -0.39 is 17.7 Å². The van der Waals surface area contributed by atoms with E-state index in [4.69, 9.17) is 5.11 Å². The van der Waals surface area contributed by atoms with Crippen molar-refractivity contribution in [3.8, 4) is 0 Å². The van der Waals surface area contributed by atoms with E-state index in [0.29, 0.717) is 13.0 Å². The lowest BCUT2D eigenvalue weighted by Gasteiger charge is -2.12. The lowest BCUT2D eigenvalue weighted by Crippen LogP contribution is -2.23. The number of aliphatic hydroxyl groups is 2. The van der Waals surface area contributed by atoms with Crippen LogP contribution in [0.3, 0.4) is 0 Å². The highest BCUT2D eigenvalue weighted by atomic mass is 19.1. The number of rotatable bonds is 7. The van der Waals surface area contributed by atoms with Crippen LogP contribution in [0.2, 0.25) is 0 Å². The summed E-state index contributed by atoms with van der Waals surface area (Å²) in [6.07, 6.45) is 0.480. The molecule has 0 saturated heterocycles. The number of aliphatic hydroxyl groups excluding tert-OH is 2. The van der Waals surface area contributed by atoms with Gasteiger partial charge in [-0.2, -0.15) is 0 Å². The highest BCUT2D eigenvalue weighted by Crippen LogP contribution is 2.17. The van der Waals surface area contributed by atoms with Crippen molar-refractivity contribution in [2.24, 2.45) is 0 Å². The summed E-state index contributed by atoms with van der Waals surface area (Å²) in [6, 6.07) is 3.11. The molecule has 3 N–H and O–H groups in total. The van der Waals surface area contributed by atoms with E-state index in [1.807, 2.05) is 0 Å². The fraction of sp³-hybridized carbons (Fsp3) is 0.500. The summed E-state index contributed by atoms with van der Waals surface area (Å²) in [5.41, 5.74) is 0.0843. The van der Waals surface area contributed by atoms with E-state index in [1.54, 1.807) is 0 Å². The van der Waals surface area contributed by atoms with Crippen molar-refractivity contribution in [1.82, 2.24) is 5.32 Å². The maximum Gasteiger partial charge on any atom is 0.131 e. The molecule has 5 heteroatoms. The van der Waals surface area contributed by atoms with Crippen LogP contribution in [-0.4, -0.2) is 29.9 Å². The lowest BCUT2D eigenvalue weighted by molar-refractivity contribution is 0.169. The van der Waals surface area contributed by atoms with Crippen LogP contribution in [0.15, 0.2) is 18.2 Å². The predicted octanol–water partition coefficient (Wildman–Crippen LogP) is 1.36. The fourth-order valence-electron chi connectivity index (χ4n) is 1.48. The predicted molar refractivity (Wildman–Crippen MR) is 60.5 cm³/mol. The van der Waals surface area contributed by atoms with Gasteiger partial charge < -0.3 is 15.5 Å². The molecule has 0 aromatic heterocycles. The van der Waals surface area contributed by atoms with Crippen molar-refractivity contribution in [3.63, 3.8) is 0 Å². The quantitative estimate of drug-likeness (QED) is 0.636. The molecule has 0 saturated carbocycles. The van der Waals surface area contributed by atoms with Crippen molar-refractivity contribution in [2.75, 3.05) is 19.7 Å². The molecule has 0 heterocycles. The van der Waals surface area contributed by atoms with E-state index in [1.165, 1.54) is 6.07 Å². The Bertz CT molecular complexity index is 347. The lowest BCUT2D eigenvalue weighted by atomic mass is 10.1. The van der Waals surface area contributed by atoms with E-state index in [2.05, 4.69) is 5.32 Å². The first-order valence-electron chi connectivity index (χ1n) is 5.59. The van der Waals surface area contributed by atoms with Gasteiger partial charge in [0, 0.05) is 24.8 Å². The molecule has 3 nitrogen and oxygen atoms in total. The fourth-order valence-corrected chi connectivity index (χ4v) is 1.48. The molecule has 0 fully saturated rings. The van der Waals surface area contributed by atoms with Crippen molar-refractivity contribution in [2.45, 2.75) is 18.9 Å². The number of halogens is 2. The third kappa shape index (κ3) is 4.77. The molecule has 1 atom stereocenters. The minimum absolute atomic E-state index is 0.0843. The van der Waals surface area contributed by atoms with Gasteiger partial charge >= 0.3 is 0 Å². The van der Waals surface area contributed by atoms with Crippen LogP contribution in [-0.2, 0) is 0 Å². The molecule has 17 heavy (non-hydrogen) atoms. The van der Waals surface area contributed by atoms with Gasteiger partial charge in [0.05, 0.1) is 6.10 Å². The minimum atomic E-state index is -0.996. The third-order valence-electron chi connectivity index (χ3n) is 2.42. The highest BCUT2D eigenvalue weighted by Gasteiger charge is 2.12. The standard InChI is InChI=1S/C12H17F2NO2/c13-9-3-4-10(11(14)7-9)12(17)8-15-5-1-2-6-16/h3-4,7,12,15-17H,1-2,5-6,8H2. The molecule has 0 aliphatic carbocycles. The average Bonchev–Trinajstić information content (AvgIpc) is 2.28. The Morgan fingerprint density at radius 3 is 2.65 bits per heavy atom. The number of benzene rings is 1. The summed E-state index contributed by atoms with van der Waals surface area (Å²) in [4.78, 5) is 0. The molecule has 1 aromatic rings. The van der Waals surface area contributed by atoms with Crippen LogP contribution in [0.25, 0.3) is 0 Å². The van der Waals surface area contributed by atoms with Crippen molar-refractivity contribution >= 4 is 0 Å². The van der Waals surface area contributed by atoms with Crippen LogP contribution in [0.1, 0.15) is 24.5 Å². The van der Waals surface area contributed by atoms with E-state index >= 15 is 0 Å². The van der Waals surface area contributed by atoms with Gasteiger partial charge in [-0.3, -0.25) is 0 Å². The second-order valence-electron chi connectivity index (χ2n) is 3.82. The van der Waals surface area contributed by atoms with Gasteiger partial charge in [-0.15, -0.1) is 0 Å². The first-order chi connectivity index (χ1) is 8.15. The van der Waals surface area contributed by atoms with Gasteiger partial charge in [0.25, 0.3) is 0 Å². The number of hydrogen-bond acceptors (Lipinski definition) is 3. The summed E-state index contributed by atoms with van der Waals surface area (Å²) in [5, 5.41) is 21.2. The minimum Gasteiger partial charge on any atom is -0.396 e. The summed E-state index contributed by atoms with van der Waals surface area (Å²) in [7, 11) is 0. The maximum absolute atomic E-state index is 13.3. The van der Waals surface area contributed by atoms with Gasteiger partial charge in [0.2, 0.25) is 0 Å². The second kappa shape index (κ2) is 7.32. The Morgan fingerprint density at radius 2 is 2.00 bits per heavy atom. The third-order valence-corrected chi connectivity index (χ3v) is 2.42. The number of nitrogens with one attached hydrogen (secondary N) is 1. The van der Waals surface area contributed by atoms with Gasteiger partial charge in [0.15, 0.2) is 0 Å². The molecule has 0 bridgehead atoms. The molecule has 0 spiro atoms. The SMILES string of the molecule is OCCCCNCC(O)c1ccc(F)cc1F. The molecule has 1 unspecified atom stereocenters. The van der Waals surface area contributed by atoms with Gasteiger partial charge in [-0.05, 0) is 25.5 Å². The summed E-state index contributed by atoms with van der Waals surface area (Å²) < 4.78 is 25.9. The van der Waals surface area contributed by atoms with Gasteiger partial charge in [-0.1, -0.05) is 6.07 Å². The average molecular weight is 245 g/mol. The monoisotopic (exact) mass is 245 g/mol. The molecule has 0 radical (unpaired) electrons. The van der Waals surface area contributed by atoms with Crippen LogP contribution < -0.4 is 5.32 Å². The van der Waals surface area contributed by atoms with E-state index in [-0.39, 0.29) is 18.7 Å². The number of hydrogen-bond donors (Lipinski definition) is 3. The molecule has 1 rings (SSSR count). The Kier molecular flexibility index (Phi) is 6.04. The van der Waals surface area contributed by atoms with Crippen LogP contribution in [0, 0.1) is 11.6 Å². The van der Waals surface area contributed by atoms with Crippen molar-refractivity contribution in [3.05, 3.63) is 35.4 Å². The molecule has 0 amide bonds. The van der Waals surface area contributed by atoms with E-state index in [9.17, 15) is 13.9 Å². The van der Waals surface area contributed by atoms with Crippen LogP contribution >= 0.6 is 0 Å². The first kappa shape index (κ1) is 14.0. The normalized spacial score (nSPS) is 12.7. The zero-order chi connectivity index (χ0) is 12.7. The smallest absolute Gasteiger partial charge is 0.131 e. The summed E-state index contributed by atoms with van der Waals surface area (Å²) >= 11 is 0. The van der Waals surface area contributed by atoms with Gasteiger partial charge in [-0.25, -0.2) is 8.78 Å². The largest absolute Gasteiger partial charge is 0.396 e. The summed E-state index contributed by atoms with van der Waals surface area (Å²) in [6.45, 7) is 0.977. The highest BCUT2D eigenvalue weighted by molar-refractivity contribution is 5.21. The Balaban J connectivity index is 2.38. The Hall–Kier alpha value is -1.04. The van der Waals surface area contributed by atoms with Crippen LogP contribution in [0.5, 0.6) is 0 Å².